The fraction of sp³-hybridized carbons (Fsp3) is 0.263. The number of aliphatic hydroxyl groups excluding tert-OH is 1. The van der Waals surface area contributed by atoms with E-state index >= 15 is 0 Å². The van der Waals surface area contributed by atoms with Crippen LogP contribution in [0, 0.1) is 17.7 Å². The van der Waals surface area contributed by atoms with Crippen LogP contribution in [0.25, 0.3) is 11.3 Å². The molecule has 0 aliphatic heterocycles. The predicted molar refractivity (Wildman–Crippen MR) is 98.5 cm³/mol. The third-order valence-electron chi connectivity index (χ3n) is 3.16. The fourth-order valence-corrected chi connectivity index (χ4v) is 2.96. The van der Waals surface area contributed by atoms with E-state index in [-0.39, 0.29) is 37.2 Å². The van der Waals surface area contributed by atoms with Crippen LogP contribution in [0.4, 0.5) is 8.78 Å². The number of hydrogen-bond acceptors (Lipinski definition) is 3. The Bertz CT molecular complexity index is 768. The molecule has 2 rings (SSSR count). The van der Waals surface area contributed by atoms with Crippen LogP contribution in [0.3, 0.4) is 0 Å². The first kappa shape index (κ1) is 24.3. The molecule has 0 atom stereocenters. The number of benzene rings is 1. The van der Waals surface area contributed by atoms with Crippen molar-refractivity contribution < 1.29 is 38.8 Å². The summed E-state index contributed by atoms with van der Waals surface area (Å²) in [5.74, 6) is -1.33. The number of hydrogen-bond donors (Lipinski definition) is 1. The number of rotatable bonds is 3. The van der Waals surface area contributed by atoms with Crippen molar-refractivity contribution in [2.45, 2.75) is 33.5 Å². The van der Waals surface area contributed by atoms with Crippen LogP contribution in [0.15, 0.2) is 42.3 Å². The second-order valence-electron chi connectivity index (χ2n) is 6.62. The monoisotopic (exact) mass is 555 g/mol. The number of aromatic nitrogens is 1. The van der Waals surface area contributed by atoms with E-state index in [4.69, 9.17) is 5.11 Å². The fourth-order valence-electron chi connectivity index (χ4n) is 1.92. The minimum atomic E-state index is -1.41. The Labute approximate surface area is 167 Å². The third kappa shape index (κ3) is 8.12. The molecule has 0 fully saturated rings. The average molecular weight is 555 g/mol. The summed E-state index contributed by atoms with van der Waals surface area (Å²) in [7, 11) is -1.41. The van der Waals surface area contributed by atoms with Crippen molar-refractivity contribution >= 4 is 19.0 Å². The maximum Gasteiger partial charge on any atom is 0.155 e. The SMILES string of the molecule is CC(=O)C=C(C)O.C[Si](C)(C)c1ccc(-c2[c-]cc(F)cc2F)nc1.[Ir]. The third-order valence-corrected chi connectivity index (χ3v) is 5.18. The van der Waals surface area contributed by atoms with E-state index in [1.807, 2.05) is 6.07 Å². The van der Waals surface area contributed by atoms with E-state index in [1.165, 1.54) is 25.1 Å². The summed E-state index contributed by atoms with van der Waals surface area (Å²) in [6.07, 6.45) is 2.94. The summed E-state index contributed by atoms with van der Waals surface area (Å²) in [6.45, 7) is 9.50. The van der Waals surface area contributed by atoms with Crippen LogP contribution in [0.5, 0.6) is 0 Å². The van der Waals surface area contributed by atoms with E-state index in [2.05, 4.69) is 30.7 Å². The first-order chi connectivity index (χ1) is 11.5. The van der Waals surface area contributed by atoms with E-state index < -0.39 is 19.7 Å². The minimum Gasteiger partial charge on any atom is -0.512 e. The molecule has 26 heavy (non-hydrogen) atoms. The van der Waals surface area contributed by atoms with E-state index in [0.717, 1.165) is 12.1 Å². The van der Waals surface area contributed by atoms with E-state index in [0.29, 0.717) is 5.69 Å². The molecule has 2 aromatic rings. The van der Waals surface area contributed by atoms with Crippen molar-refractivity contribution in [1.82, 2.24) is 4.98 Å². The summed E-state index contributed by atoms with van der Waals surface area (Å²) in [5, 5.41) is 9.57. The molecular weight excluding hydrogens is 533 g/mol. The molecule has 143 valence electrons. The number of allylic oxidation sites excluding steroid dienone is 2. The molecule has 0 saturated carbocycles. The zero-order valence-electron chi connectivity index (χ0n) is 15.4. The summed E-state index contributed by atoms with van der Waals surface area (Å²) in [4.78, 5) is 14.3. The average Bonchev–Trinajstić information content (AvgIpc) is 2.45. The van der Waals surface area contributed by atoms with Crippen molar-refractivity contribution in [2.24, 2.45) is 0 Å². The van der Waals surface area contributed by atoms with Crippen LogP contribution in [0.1, 0.15) is 13.8 Å². The Kier molecular flexibility index (Phi) is 9.77. The molecule has 0 amide bonds. The van der Waals surface area contributed by atoms with E-state index in [1.54, 1.807) is 12.3 Å². The Hall–Kier alpha value is -1.69. The minimum absolute atomic E-state index is 0. The molecule has 0 saturated heterocycles. The standard InChI is InChI=1S/C14H14F2NSi.C5H8O2.Ir/c1-18(2,3)11-5-7-14(17-9-11)12-6-4-10(15)8-13(12)16;1-4(6)3-5(2)7;/h4-5,7-9H,1-3H3;3,6H,1-2H3;/q-1;;. The predicted octanol–water partition coefficient (Wildman–Crippen LogP) is 4.41. The molecule has 0 aliphatic carbocycles. The molecule has 0 aliphatic rings. The summed E-state index contributed by atoms with van der Waals surface area (Å²) >= 11 is 0. The van der Waals surface area contributed by atoms with Gasteiger partial charge < -0.3 is 10.1 Å². The van der Waals surface area contributed by atoms with Crippen LogP contribution in [0.2, 0.25) is 19.6 Å². The molecule has 3 nitrogen and oxygen atoms in total. The smallest absolute Gasteiger partial charge is 0.155 e. The van der Waals surface area contributed by atoms with Gasteiger partial charge in [0, 0.05) is 44.0 Å². The first-order valence-electron chi connectivity index (χ1n) is 7.72. The number of carbonyl (C=O) groups is 1. The second-order valence-corrected chi connectivity index (χ2v) is 11.7. The normalized spacial score (nSPS) is 11.1. The number of pyridine rings is 1. The molecule has 7 heteroatoms. The number of ketones is 1. The van der Waals surface area contributed by atoms with Crippen molar-refractivity contribution in [3.05, 3.63) is 60.0 Å². The number of nitrogens with zero attached hydrogens (tertiary/aromatic N) is 1. The van der Waals surface area contributed by atoms with Gasteiger partial charge in [0.15, 0.2) is 5.78 Å². The van der Waals surface area contributed by atoms with Gasteiger partial charge in [0.25, 0.3) is 0 Å². The molecule has 1 N–H and O–H groups in total. The number of aliphatic hydroxyl groups is 1. The molecule has 0 bridgehead atoms. The first-order valence-corrected chi connectivity index (χ1v) is 11.2. The zero-order chi connectivity index (χ0) is 19.2. The van der Waals surface area contributed by atoms with Crippen molar-refractivity contribution in [2.75, 3.05) is 0 Å². The van der Waals surface area contributed by atoms with Crippen LogP contribution < -0.4 is 5.19 Å². The Morgan fingerprint density at radius 1 is 1.23 bits per heavy atom. The summed E-state index contributed by atoms with van der Waals surface area (Å²) in [6, 6.07) is 8.27. The molecule has 0 unspecified atom stereocenters. The van der Waals surface area contributed by atoms with Gasteiger partial charge in [0.1, 0.15) is 0 Å². The van der Waals surface area contributed by atoms with Crippen molar-refractivity contribution in [3.8, 4) is 11.3 Å². The molecule has 1 heterocycles. The molecule has 0 spiro atoms. The van der Waals surface area contributed by atoms with Crippen molar-refractivity contribution in [3.63, 3.8) is 0 Å². The summed E-state index contributed by atoms with van der Waals surface area (Å²) in [5.41, 5.74) is 0.688. The van der Waals surface area contributed by atoms with E-state index in [9.17, 15) is 13.6 Å². The van der Waals surface area contributed by atoms with Gasteiger partial charge in [-0.05, 0) is 24.7 Å². The largest absolute Gasteiger partial charge is 0.512 e. The Morgan fingerprint density at radius 3 is 2.19 bits per heavy atom. The van der Waals surface area contributed by atoms with Gasteiger partial charge in [-0.1, -0.05) is 43.4 Å². The van der Waals surface area contributed by atoms with Gasteiger partial charge in [-0.25, -0.2) is 0 Å². The maximum absolute atomic E-state index is 13.6. The van der Waals surface area contributed by atoms with Crippen LogP contribution in [-0.2, 0) is 24.9 Å². The quantitative estimate of drug-likeness (QED) is 0.265. The molecular formula is C19H22F2IrNO2Si-. The summed E-state index contributed by atoms with van der Waals surface area (Å²) < 4.78 is 26.4. The van der Waals surface area contributed by atoms with Crippen molar-refractivity contribution in [1.29, 1.82) is 0 Å². The zero-order valence-corrected chi connectivity index (χ0v) is 18.8. The van der Waals surface area contributed by atoms with Gasteiger partial charge in [-0.2, -0.15) is 0 Å². The maximum atomic E-state index is 13.6. The molecule has 1 aromatic heterocycles. The van der Waals surface area contributed by atoms with Gasteiger partial charge in [-0.15, -0.1) is 12.1 Å². The molecule has 1 aromatic carbocycles. The van der Waals surface area contributed by atoms with Crippen LogP contribution >= 0.6 is 0 Å². The topological polar surface area (TPSA) is 50.2 Å². The number of halogens is 2. The number of carbonyl (C=O) groups excluding carboxylic acids is 1. The second kappa shape index (κ2) is 10.5. The Morgan fingerprint density at radius 2 is 1.85 bits per heavy atom. The van der Waals surface area contributed by atoms with Gasteiger partial charge >= 0.3 is 0 Å². The van der Waals surface area contributed by atoms with Crippen LogP contribution in [-0.4, -0.2) is 23.9 Å². The van der Waals surface area contributed by atoms with Gasteiger partial charge in [0.05, 0.1) is 13.8 Å². The van der Waals surface area contributed by atoms with Gasteiger partial charge in [-0.3, -0.25) is 13.6 Å². The molecule has 1 radical (unpaired) electrons. The Balaban J connectivity index is 0.000000673. The van der Waals surface area contributed by atoms with Gasteiger partial charge in [0.2, 0.25) is 0 Å².